The van der Waals surface area contributed by atoms with Crippen molar-refractivity contribution in [2.45, 2.75) is 20.0 Å². The van der Waals surface area contributed by atoms with Crippen molar-refractivity contribution >= 4 is 5.97 Å². The minimum atomic E-state index is -1.15. The summed E-state index contributed by atoms with van der Waals surface area (Å²) in [4.78, 5) is 10.7. The molecule has 0 saturated heterocycles. The van der Waals surface area contributed by atoms with Gasteiger partial charge >= 0.3 is 0 Å². The summed E-state index contributed by atoms with van der Waals surface area (Å²) in [5, 5.41) is 14.9. The molecule has 1 aromatic carbocycles. The van der Waals surface area contributed by atoms with Crippen LogP contribution in [0.4, 0.5) is 0 Å². The maximum absolute atomic E-state index is 10.7. The normalized spacial score (nSPS) is 10.4. The van der Waals surface area contributed by atoms with E-state index in [0.717, 1.165) is 5.56 Å². The number of aliphatic carboxylic acids is 1. The third-order valence-corrected chi connectivity index (χ3v) is 2.82. The lowest BCUT2D eigenvalue weighted by Crippen LogP contribution is -2.25. The molecule has 0 radical (unpaired) electrons. The van der Waals surface area contributed by atoms with Gasteiger partial charge in [-0.2, -0.15) is 5.10 Å². The SMILES string of the molecule is Cc1nn(C)c(CC(=O)[O-])c1OCc1ccccc1. The topological polar surface area (TPSA) is 67.2 Å². The Kier molecular flexibility index (Phi) is 3.85. The molecule has 0 bridgehead atoms. The van der Waals surface area contributed by atoms with Gasteiger partial charge in [0, 0.05) is 19.4 Å². The van der Waals surface area contributed by atoms with Crippen molar-refractivity contribution in [3.8, 4) is 5.75 Å². The fourth-order valence-electron chi connectivity index (χ4n) is 1.94. The van der Waals surface area contributed by atoms with Crippen molar-refractivity contribution in [3.05, 3.63) is 47.3 Å². The van der Waals surface area contributed by atoms with Crippen molar-refractivity contribution in [3.63, 3.8) is 0 Å². The molecular weight excluding hydrogens is 244 g/mol. The van der Waals surface area contributed by atoms with Crippen LogP contribution in [0.1, 0.15) is 17.0 Å². The fourth-order valence-corrected chi connectivity index (χ4v) is 1.94. The van der Waals surface area contributed by atoms with Gasteiger partial charge in [-0.1, -0.05) is 30.3 Å². The van der Waals surface area contributed by atoms with Gasteiger partial charge in [0.2, 0.25) is 0 Å². The number of carbonyl (C=O) groups excluding carboxylic acids is 1. The van der Waals surface area contributed by atoms with Gasteiger partial charge in [-0.3, -0.25) is 4.68 Å². The Balaban J connectivity index is 2.17. The zero-order chi connectivity index (χ0) is 13.8. The van der Waals surface area contributed by atoms with Gasteiger partial charge in [-0.25, -0.2) is 0 Å². The van der Waals surface area contributed by atoms with Gasteiger partial charge < -0.3 is 14.6 Å². The molecule has 0 N–H and O–H groups in total. The Labute approximate surface area is 111 Å². The molecule has 0 aliphatic carbocycles. The molecule has 19 heavy (non-hydrogen) atoms. The second-order valence-corrected chi connectivity index (χ2v) is 4.31. The first-order valence-corrected chi connectivity index (χ1v) is 5.97. The molecule has 0 spiro atoms. The second-order valence-electron chi connectivity index (χ2n) is 4.31. The number of hydrogen-bond donors (Lipinski definition) is 0. The van der Waals surface area contributed by atoms with Gasteiger partial charge in [0.05, 0.1) is 5.69 Å². The first-order valence-electron chi connectivity index (χ1n) is 5.97. The molecule has 0 saturated carbocycles. The quantitative estimate of drug-likeness (QED) is 0.788. The lowest BCUT2D eigenvalue weighted by Gasteiger charge is -2.09. The average Bonchev–Trinajstić information content (AvgIpc) is 2.63. The van der Waals surface area contributed by atoms with E-state index in [1.54, 1.807) is 14.0 Å². The zero-order valence-corrected chi connectivity index (χ0v) is 10.9. The maximum atomic E-state index is 10.7. The van der Waals surface area contributed by atoms with Gasteiger partial charge in [-0.15, -0.1) is 0 Å². The van der Waals surface area contributed by atoms with Gasteiger partial charge in [0.15, 0.2) is 5.75 Å². The zero-order valence-electron chi connectivity index (χ0n) is 10.9. The molecule has 5 heteroatoms. The molecule has 1 aromatic heterocycles. The summed E-state index contributed by atoms with van der Waals surface area (Å²) in [7, 11) is 1.70. The highest BCUT2D eigenvalue weighted by atomic mass is 16.5. The van der Waals surface area contributed by atoms with Crippen molar-refractivity contribution in [1.29, 1.82) is 0 Å². The van der Waals surface area contributed by atoms with E-state index in [4.69, 9.17) is 4.74 Å². The second kappa shape index (κ2) is 5.56. The number of nitrogens with zero attached hydrogens (tertiary/aromatic N) is 2. The highest BCUT2D eigenvalue weighted by molar-refractivity contribution is 5.68. The number of ether oxygens (including phenoxy) is 1. The molecule has 0 aliphatic heterocycles. The Bertz CT molecular complexity index is 576. The molecule has 2 rings (SSSR count). The maximum Gasteiger partial charge on any atom is 0.164 e. The summed E-state index contributed by atoms with van der Waals surface area (Å²) in [6, 6.07) is 9.68. The molecule has 1 heterocycles. The van der Waals surface area contributed by atoms with E-state index in [9.17, 15) is 9.90 Å². The summed E-state index contributed by atoms with van der Waals surface area (Å²) in [6.07, 6.45) is -0.207. The Hall–Kier alpha value is -2.30. The third kappa shape index (κ3) is 3.13. The van der Waals surface area contributed by atoms with Crippen LogP contribution in [0.25, 0.3) is 0 Å². The van der Waals surface area contributed by atoms with Crippen LogP contribution in [0, 0.1) is 6.92 Å². The molecule has 0 aliphatic rings. The van der Waals surface area contributed by atoms with Crippen molar-refractivity contribution < 1.29 is 14.6 Å². The molecule has 0 fully saturated rings. The number of aryl methyl sites for hydroxylation is 2. The molecule has 5 nitrogen and oxygen atoms in total. The van der Waals surface area contributed by atoms with E-state index in [2.05, 4.69) is 5.10 Å². The number of hydrogen-bond acceptors (Lipinski definition) is 4. The number of carboxylic acids is 1. The fraction of sp³-hybridized carbons (Fsp3) is 0.286. The van der Waals surface area contributed by atoms with E-state index in [1.807, 2.05) is 30.3 Å². The van der Waals surface area contributed by atoms with Crippen LogP contribution < -0.4 is 9.84 Å². The Morgan fingerprint density at radius 3 is 2.68 bits per heavy atom. The molecule has 2 aromatic rings. The lowest BCUT2D eigenvalue weighted by molar-refractivity contribution is -0.304. The molecule has 0 amide bonds. The standard InChI is InChI=1S/C14H16N2O3/c1-10-14(12(8-13(17)18)16(2)15-10)19-9-11-6-4-3-5-7-11/h3-7H,8-9H2,1-2H3,(H,17,18)/p-1. The van der Waals surface area contributed by atoms with Crippen LogP contribution in [-0.2, 0) is 24.9 Å². The number of carbonyl (C=O) groups is 1. The highest BCUT2D eigenvalue weighted by Gasteiger charge is 2.14. The largest absolute Gasteiger partial charge is 0.550 e. The number of aromatic nitrogens is 2. The minimum Gasteiger partial charge on any atom is -0.550 e. The van der Waals surface area contributed by atoms with Crippen LogP contribution in [-0.4, -0.2) is 15.7 Å². The van der Waals surface area contributed by atoms with Crippen LogP contribution in [0.5, 0.6) is 5.75 Å². The predicted octanol–water partition coefficient (Wildman–Crippen LogP) is 0.600. The number of carboxylic acid groups (broad SMARTS) is 1. The highest BCUT2D eigenvalue weighted by Crippen LogP contribution is 2.24. The van der Waals surface area contributed by atoms with E-state index in [1.165, 1.54) is 4.68 Å². The summed E-state index contributed by atoms with van der Waals surface area (Å²) < 4.78 is 7.22. The summed E-state index contributed by atoms with van der Waals surface area (Å²) in [5.74, 6) is -0.622. The van der Waals surface area contributed by atoms with Crippen molar-refractivity contribution in [2.75, 3.05) is 0 Å². The van der Waals surface area contributed by atoms with E-state index in [-0.39, 0.29) is 6.42 Å². The van der Waals surface area contributed by atoms with Gasteiger partial charge in [0.25, 0.3) is 0 Å². The Morgan fingerprint density at radius 1 is 1.37 bits per heavy atom. The lowest BCUT2D eigenvalue weighted by atomic mass is 10.2. The van der Waals surface area contributed by atoms with Crippen LogP contribution >= 0.6 is 0 Å². The summed E-state index contributed by atoms with van der Waals surface area (Å²) >= 11 is 0. The van der Waals surface area contributed by atoms with Crippen LogP contribution in [0.15, 0.2) is 30.3 Å². The molecule has 0 unspecified atom stereocenters. The summed E-state index contributed by atoms with van der Waals surface area (Å²) in [6.45, 7) is 2.17. The first-order chi connectivity index (χ1) is 9.08. The van der Waals surface area contributed by atoms with Gasteiger partial charge in [0.1, 0.15) is 12.3 Å². The van der Waals surface area contributed by atoms with E-state index >= 15 is 0 Å². The van der Waals surface area contributed by atoms with E-state index in [0.29, 0.717) is 23.7 Å². The van der Waals surface area contributed by atoms with Crippen molar-refractivity contribution in [1.82, 2.24) is 9.78 Å². The van der Waals surface area contributed by atoms with Crippen LogP contribution in [0.2, 0.25) is 0 Å². The van der Waals surface area contributed by atoms with Gasteiger partial charge in [-0.05, 0) is 12.5 Å². The molecule has 0 atom stereocenters. The van der Waals surface area contributed by atoms with Crippen molar-refractivity contribution in [2.24, 2.45) is 7.05 Å². The first kappa shape index (κ1) is 13.1. The van der Waals surface area contributed by atoms with E-state index < -0.39 is 5.97 Å². The van der Waals surface area contributed by atoms with Crippen LogP contribution in [0.3, 0.4) is 0 Å². The summed E-state index contributed by atoms with van der Waals surface area (Å²) in [5.41, 5.74) is 2.22. The third-order valence-electron chi connectivity index (χ3n) is 2.82. The number of benzene rings is 1. The molecular formula is C14H15N2O3-. The molecule has 100 valence electrons. The smallest absolute Gasteiger partial charge is 0.164 e. The Morgan fingerprint density at radius 2 is 2.05 bits per heavy atom. The minimum absolute atomic E-state index is 0.207. The number of rotatable bonds is 5. The predicted molar refractivity (Wildman–Crippen MR) is 67.4 cm³/mol. The average molecular weight is 259 g/mol. The monoisotopic (exact) mass is 259 g/mol.